The first kappa shape index (κ1) is 37.8. The smallest absolute Gasteiger partial charge is 0.317 e. The molecule has 3 aromatic carbocycles. The highest BCUT2D eigenvalue weighted by Gasteiger charge is 2.27. The molecule has 6 rings (SSSR count). The molecule has 4 aromatic rings. The zero-order valence-electron chi connectivity index (χ0n) is 26.9. The van der Waals surface area contributed by atoms with Gasteiger partial charge in [-0.15, -0.1) is 0 Å². The highest BCUT2D eigenvalue weighted by atomic mass is 32.3. The van der Waals surface area contributed by atoms with Crippen LogP contribution in [0, 0.1) is 23.2 Å². The molecule has 0 saturated carbocycles. The topological polar surface area (TPSA) is 116 Å². The molecule has 0 spiro atoms. The third-order valence-corrected chi connectivity index (χ3v) is 9.83. The minimum atomic E-state index is -4.71. The number of aromatic nitrogens is 2. The van der Waals surface area contributed by atoms with Crippen molar-refractivity contribution in [1.82, 2.24) is 13.6 Å². The monoisotopic (exact) mass is 688 g/mol. The van der Waals surface area contributed by atoms with Crippen LogP contribution >= 0.6 is 0 Å². The Kier molecular flexibility index (Phi) is 14.9. The number of imidazole rings is 1. The van der Waals surface area contributed by atoms with E-state index in [9.17, 15) is 24.6 Å². The van der Waals surface area contributed by atoms with Gasteiger partial charge in [-0.2, -0.15) is 26.4 Å². The summed E-state index contributed by atoms with van der Waals surface area (Å²) < 4.78 is 71.5. The van der Waals surface area contributed by atoms with Crippen LogP contribution in [0.15, 0.2) is 91.3 Å². The second-order valence-electron chi connectivity index (χ2n) is 11.5. The number of piperidine rings is 2. The van der Waals surface area contributed by atoms with Crippen LogP contribution in [0.4, 0.5) is 7.77 Å². The SMILES string of the molecule is CC#N.C[n+]1cn(S(=O)(=O)F)c2ccccc21.O=S(=O)(F)N1CCC(Cc2ccccc2)CC1.c1ccc(CC2CCNCC2)cc1. The Morgan fingerprint density at radius 2 is 1.21 bits per heavy atom. The molecule has 1 aromatic heterocycles. The van der Waals surface area contributed by atoms with Crippen molar-refractivity contribution >= 4 is 31.9 Å². The Balaban J connectivity index is 0.000000185. The van der Waals surface area contributed by atoms with Crippen LogP contribution in [0.25, 0.3) is 11.0 Å². The molecule has 1 N–H and O–H groups in total. The lowest BCUT2D eigenvalue weighted by Crippen LogP contribution is -2.36. The number of rotatable bonds is 6. The van der Waals surface area contributed by atoms with Crippen molar-refractivity contribution in [3.8, 4) is 6.07 Å². The van der Waals surface area contributed by atoms with Gasteiger partial charge in [-0.3, -0.25) is 0 Å². The van der Waals surface area contributed by atoms with E-state index in [-0.39, 0.29) is 0 Å². The minimum absolute atomic E-state index is 0.302. The van der Waals surface area contributed by atoms with Crippen LogP contribution in [0.2, 0.25) is 0 Å². The number of hydrogen-bond acceptors (Lipinski definition) is 6. The van der Waals surface area contributed by atoms with E-state index in [2.05, 4.69) is 47.8 Å². The van der Waals surface area contributed by atoms with Gasteiger partial charge in [-0.25, -0.2) is 4.57 Å². The number of nitrogens with one attached hydrogen (secondary N) is 1. The number of para-hydroxylation sites is 2. The summed E-state index contributed by atoms with van der Waals surface area (Å²) in [6.07, 6.45) is 7.56. The summed E-state index contributed by atoms with van der Waals surface area (Å²) in [5.41, 5.74) is 3.75. The standard InChI is InChI=1S/C12H16FNO2S.C12H17N.C8H8FN2O2S.C2H3N/c13-17(15,16)14-8-6-12(7-9-14)10-11-4-2-1-3-5-11;1-2-4-11(5-3-1)10-12-6-8-13-9-7-12;1-10-6-11(14(9,12)13)8-5-3-2-4-7(8)10;1-2-3/h1-5,12H,6-10H2;1-5,12-13H,6-10H2;2-6H,1H3;1H3/q;;+1;. The second kappa shape index (κ2) is 18.6. The van der Waals surface area contributed by atoms with Crippen molar-refractivity contribution in [2.75, 3.05) is 26.2 Å². The van der Waals surface area contributed by atoms with Crippen LogP contribution in [0.5, 0.6) is 0 Å². The van der Waals surface area contributed by atoms with Gasteiger partial charge in [0.15, 0.2) is 11.0 Å². The molecule has 13 heteroatoms. The highest BCUT2D eigenvalue weighted by Crippen LogP contribution is 2.23. The lowest BCUT2D eigenvalue weighted by atomic mass is 9.91. The molecule has 0 bridgehead atoms. The average Bonchev–Trinajstić information content (AvgIpc) is 3.41. The fourth-order valence-corrected chi connectivity index (χ4v) is 7.01. The van der Waals surface area contributed by atoms with Gasteiger partial charge < -0.3 is 5.32 Å². The average molecular weight is 689 g/mol. The van der Waals surface area contributed by atoms with Crippen molar-refractivity contribution in [2.45, 2.75) is 45.4 Å². The molecule has 0 unspecified atom stereocenters. The molecule has 3 heterocycles. The zero-order valence-corrected chi connectivity index (χ0v) is 28.5. The molecule has 47 heavy (non-hydrogen) atoms. The number of hydrogen-bond donors (Lipinski definition) is 1. The molecule has 254 valence electrons. The third-order valence-electron chi connectivity index (χ3n) is 8.09. The van der Waals surface area contributed by atoms with E-state index in [1.807, 2.05) is 18.2 Å². The van der Waals surface area contributed by atoms with E-state index in [1.54, 1.807) is 41.9 Å². The van der Waals surface area contributed by atoms with E-state index in [1.165, 1.54) is 56.7 Å². The van der Waals surface area contributed by atoms with Crippen molar-refractivity contribution < 1.29 is 29.2 Å². The van der Waals surface area contributed by atoms with Crippen LogP contribution in [-0.4, -0.2) is 51.3 Å². The van der Waals surface area contributed by atoms with E-state index in [0.717, 1.165) is 29.5 Å². The van der Waals surface area contributed by atoms with Gasteiger partial charge in [-0.05, 0) is 86.7 Å². The lowest BCUT2D eigenvalue weighted by molar-refractivity contribution is -0.645. The molecule has 0 radical (unpaired) electrons. The summed E-state index contributed by atoms with van der Waals surface area (Å²) >= 11 is 0. The van der Waals surface area contributed by atoms with E-state index in [4.69, 9.17) is 5.26 Å². The first-order valence-electron chi connectivity index (χ1n) is 15.6. The predicted octanol–water partition coefficient (Wildman–Crippen LogP) is 5.44. The molecular weight excluding hydrogens is 645 g/mol. The Bertz CT molecular complexity index is 1770. The number of nitriles is 1. The first-order valence-corrected chi connectivity index (χ1v) is 18.3. The number of halogens is 2. The normalized spacial score (nSPS) is 16.0. The van der Waals surface area contributed by atoms with Gasteiger partial charge in [0, 0.05) is 20.0 Å². The van der Waals surface area contributed by atoms with Gasteiger partial charge in [-0.1, -0.05) is 84.5 Å². The summed E-state index contributed by atoms with van der Waals surface area (Å²) in [4.78, 5) is 0. The highest BCUT2D eigenvalue weighted by molar-refractivity contribution is 7.85. The second-order valence-corrected chi connectivity index (χ2v) is 14.1. The Labute approximate surface area is 278 Å². The van der Waals surface area contributed by atoms with E-state index in [0.29, 0.717) is 34.0 Å². The maximum absolute atomic E-state index is 12.8. The number of fused-ring (bicyclic) bond motifs is 1. The van der Waals surface area contributed by atoms with Crippen LogP contribution in [-0.2, 0) is 40.7 Å². The van der Waals surface area contributed by atoms with Crippen molar-refractivity contribution in [1.29, 1.82) is 5.26 Å². The Morgan fingerprint density at radius 3 is 1.68 bits per heavy atom. The largest absolute Gasteiger partial charge is 0.481 e. The van der Waals surface area contributed by atoms with E-state index >= 15 is 0 Å². The third kappa shape index (κ3) is 12.8. The lowest BCUT2D eigenvalue weighted by Gasteiger charge is -2.28. The molecule has 2 aliphatic rings. The van der Waals surface area contributed by atoms with E-state index < -0.39 is 20.8 Å². The quantitative estimate of drug-likeness (QED) is 0.213. The Morgan fingerprint density at radius 1 is 0.766 bits per heavy atom. The summed E-state index contributed by atoms with van der Waals surface area (Å²) in [7, 11) is -7.54. The fraction of sp³-hybridized carbons (Fsp3) is 0.412. The van der Waals surface area contributed by atoms with Gasteiger partial charge >= 0.3 is 20.8 Å². The molecule has 0 aliphatic carbocycles. The molecule has 2 saturated heterocycles. The molecule has 9 nitrogen and oxygen atoms in total. The molecular formula is C34H44F2N5O4S2+. The maximum Gasteiger partial charge on any atom is 0.481 e. The molecule has 2 fully saturated rings. The summed E-state index contributed by atoms with van der Waals surface area (Å²) in [5, 5.41) is 10.7. The molecule has 0 amide bonds. The van der Waals surface area contributed by atoms with Crippen molar-refractivity contribution in [2.24, 2.45) is 18.9 Å². The maximum atomic E-state index is 12.8. The Hall–Kier alpha value is -3.70. The minimum Gasteiger partial charge on any atom is -0.317 e. The molecule has 0 atom stereocenters. The van der Waals surface area contributed by atoms with Gasteiger partial charge in [0.1, 0.15) is 0 Å². The summed E-state index contributed by atoms with van der Waals surface area (Å²) in [5.74, 6) is 1.36. The number of nitrogens with zero attached hydrogens (tertiary/aromatic N) is 4. The fourth-order valence-electron chi connectivity index (χ4n) is 5.72. The van der Waals surface area contributed by atoms with Crippen molar-refractivity contribution in [3.05, 3.63) is 102 Å². The number of aryl methyl sites for hydroxylation is 1. The summed E-state index contributed by atoms with van der Waals surface area (Å²) in [6.45, 7) is 4.45. The van der Waals surface area contributed by atoms with Gasteiger partial charge in [0.2, 0.25) is 0 Å². The van der Waals surface area contributed by atoms with Crippen LogP contribution in [0.1, 0.15) is 43.7 Å². The molecule has 2 aliphatic heterocycles. The van der Waals surface area contributed by atoms with Crippen LogP contribution in [0.3, 0.4) is 0 Å². The van der Waals surface area contributed by atoms with Crippen molar-refractivity contribution in [3.63, 3.8) is 0 Å². The van der Waals surface area contributed by atoms with Gasteiger partial charge in [0.25, 0.3) is 6.33 Å². The summed E-state index contributed by atoms with van der Waals surface area (Å²) in [6, 6.07) is 29.4. The predicted molar refractivity (Wildman–Crippen MR) is 180 cm³/mol. The van der Waals surface area contributed by atoms with Gasteiger partial charge in [0.05, 0.1) is 13.1 Å². The van der Waals surface area contributed by atoms with Crippen LogP contribution < -0.4 is 9.88 Å². The zero-order chi connectivity index (χ0) is 34.3. The number of benzene rings is 3. The first-order chi connectivity index (χ1) is 22.4.